The Labute approximate surface area is 123 Å². The van der Waals surface area contributed by atoms with Crippen molar-refractivity contribution in [3.63, 3.8) is 0 Å². The van der Waals surface area contributed by atoms with Crippen LogP contribution in [-0.2, 0) is 6.54 Å². The lowest BCUT2D eigenvalue weighted by Gasteiger charge is -2.39. The summed E-state index contributed by atoms with van der Waals surface area (Å²) in [6.45, 7) is 5.16. The summed E-state index contributed by atoms with van der Waals surface area (Å²) in [5.41, 5.74) is 7.21. The molecule has 1 heterocycles. The topological polar surface area (TPSA) is 29.3 Å². The zero-order valence-corrected chi connectivity index (χ0v) is 13.0. The van der Waals surface area contributed by atoms with Crippen LogP contribution in [0.15, 0.2) is 22.7 Å². The molecule has 1 aliphatic heterocycles. The lowest BCUT2D eigenvalue weighted by atomic mass is 9.90. The van der Waals surface area contributed by atoms with Gasteiger partial charge in [-0.05, 0) is 58.9 Å². The van der Waals surface area contributed by atoms with Gasteiger partial charge in [0.15, 0.2) is 0 Å². The second-order valence-electron chi connectivity index (χ2n) is 5.14. The Morgan fingerprint density at radius 2 is 2.28 bits per heavy atom. The van der Waals surface area contributed by atoms with Gasteiger partial charge in [0.25, 0.3) is 0 Å². The summed E-state index contributed by atoms with van der Waals surface area (Å²) in [6, 6.07) is 6.66. The maximum absolute atomic E-state index is 6.02. The highest BCUT2D eigenvalue weighted by atomic mass is 79.9. The lowest BCUT2D eigenvalue weighted by Crippen LogP contribution is -2.47. The molecule has 2 rings (SSSR count). The van der Waals surface area contributed by atoms with Gasteiger partial charge in [-0.25, -0.2) is 0 Å². The molecule has 4 heteroatoms. The molecule has 0 radical (unpaired) electrons. The van der Waals surface area contributed by atoms with Crippen molar-refractivity contribution in [2.75, 3.05) is 13.1 Å². The Morgan fingerprint density at radius 3 is 2.94 bits per heavy atom. The molecular weight excluding hydrogens is 312 g/mol. The van der Waals surface area contributed by atoms with Crippen molar-refractivity contribution in [1.29, 1.82) is 0 Å². The predicted molar refractivity (Wildman–Crippen MR) is 80.8 cm³/mol. The van der Waals surface area contributed by atoms with Crippen LogP contribution in [-0.4, -0.2) is 24.0 Å². The van der Waals surface area contributed by atoms with E-state index in [1.54, 1.807) is 0 Å². The highest BCUT2D eigenvalue weighted by molar-refractivity contribution is 9.10. The monoisotopic (exact) mass is 330 g/mol. The second-order valence-corrected chi connectivity index (χ2v) is 6.40. The summed E-state index contributed by atoms with van der Waals surface area (Å²) in [4.78, 5) is 2.50. The fraction of sp³-hybridized carbons (Fsp3) is 0.571. The molecular formula is C14H20BrClN2. The molecule has 2 nitrogen and oxygen atoms in total. The standard InChI is InChI=1S/C14H20BrClN2/c1-10-3-2-6-18(14(10)8-17)9-11-4-5-13(16)12(15)7-11/h4-5,7,10,14H,2-3,6,8-9,17H2,1H3. The Morgan fingerprint density at radius 1 is 1.50 bits per heavy atom. The van der Waals surface area contributed by atoms with E-state index in [0.717, 1.165) is 29.1 Å². The van der Waals surface area contributed by atoms with Crippen LogP contribution >= 0.6 is 27.5 Å². The number of nitrogens with zero attached hydrogens (tertiary/aromatic N) is 1. The van der Waals surface area contributed by atoms with E-state index < -0.39 is 0 Å². The zero-order chi connectivity index (χ0) is 13.1. The van der Waals surface area contributed by atoms with Gasteiger partial charge >= 0.3 is 0 Å². The quantitative estimate of drug-likeness (QED) is 0.916. The molecule has 1 aliphatic rings. The highest BCUT2D eigenvalue weighted by Gasteiger charge is 2.27. The average molecular weight is 332 g/mol. The van der Waals surface area contributed by atoms with Gasteiger partial charge in [-0.2, -0.15) is 0 Å². The third kappa shape index (κ3) is 3.27. The molecule has 0 aromatic heterocycles. The van der Waals surface area contributed by atoms with Crippen molar-refractivity contribution in [1.82, 2.24) is 4.90 Å². The molecule has 1 aromatic carbocycles. The largest absolute Gasteiger partial charge is 0.329 e. The predicted octanol–water partition coefficient (Wildman–Crippen LogP) is 3.66. The van der Waals surface area contributed by atoms with Crippen LogP contribution in [0.1, 0.15) is 25.3 Å². The minimum absolute atomic E-state index is 0.508. The molecule has 2 N–H and O–H groups in total. The van der Waals surface area contributed by atoms with E-state index in [0.29, 0.717) is 12.0 Å². The molecule has 0 spiro atoms. The van der Waals surface area contributed by atoms with Crippen molar-refractivity contribution in [3.8, 4) is 0 Å². The van der Waals surface area contributed by atoms with Crippen molar-refractivity contribution < 1.29 is 0 Å². The van der Waals surface area contributed by atoms with Gasteiger partial charge in [-0.15, -0.1) is 0 Å². The first kappa shape index (κ1) is 14.3. The van der Waals surface area contributed by atoms with Crippen molar-refractivity contribution in [2.45, 2.75) is 32.4 Å². The molecule has 1 aromatic rings. The van der Waals surface area contributed by atoms with Crippen LogP contribution in [0.5, 0.6) is 0 Å². The number of benzene rings is 1. The van der Waals surface area contributed by atoms with Crippen LogP contribution in [0.25, 0.3) is 0 Å². The van der Waals surface area contributed by atoms with Crippen LogP contribution in [0.4, 0.5) is 0 Å². The molecule has 0 amide bonds. The third-order valence-electron chi connectivity index (χ3n) is 3.84. The van der Waals surface area contributed by atoms with E-state index >= 15 is 0 Å². The first-order valence-electron chi connectivity index (χ1n) is 6.50. The number of piperidine rings is 1. The fourth-order valence-corrected chi connectivity index (χ4v) is 3.33. The first-order valence-corrected chi connectivity index (χ1v) is 7.67. The smallest absolute Gasteiger partial charge is 0.0548 e. The number of rotatable bonds is 3. The summed E-state index contributed by atoms with van der Waals surface area (Å²) in [7, 11) is 0. The van der Waals surface area contributed by atoms with Crippen molar-refractivity contribution in [2.24, 2.45) is 11.7 Å². The number of likely N-dealkylation sites (tertiary alicyclic amines) is 1. The lowest BCUT2D eigenvalue weighted by molar-refractivity contribution is 0.0991. The van der Waals surface area contributed by atoms with Gasteiger partial charge in [-0.1, -0.05) is 24.6 Å². The number of halogens is 2. The summed E-state index contributed by atoms with van der Waals surface area (Å²) < 4.78 is 0.969. The Kier molecular flexibility index (Phi) is 5.07. The Balaban J connectivity index is 2.09. The molecule has 0 saturated carbocycles. The van der Waals surface area contributed by atoms with Gasteiger partial charge in [-0.3, -0.25) is 4.90 Å². The summed E-state index contributed by atoms with van der Waals surface area (Å²) in [5, 5.41) is 0.765. The number of hydrogen-bond donors (Lipinski definition) is 1. The van der Waals surface area contributed by atoms with Gasteiger partial charge < -0.3 is 5.73 Å². The zero-order valence-electron chi connectivity index (χ0n) is 10.7. The molecule has 18 heavy (non-hydrogen) atoms. The van der Waals surface area contributed by atoms with Crippen LogP contribution in [0.2, 0.25) is 5.02 Å². The Bertz CT molecular complexity index is 411. The van der Waals surface area contributed by atoms with E-state index in [2.05, 4.69) is 39.9 Å². The van der Waals surface area contributed by atoms with Gasteiger partial charge in [0.05, 0.1) is 5.02 Å². The van der Waals surface area contributed by atoms with E-state index in [1.165, 1.54) is 18.4 Å². The average Bonchev–Trinajstić information content (AvgIpc) is 2.34. The summed E-state index contributed by atoms with van der Waals surface area (Å²) in [6.07, 6.45) is 2.56. The van der Waals surface area contributed by atoms with Crippen molar-refractivity contribution in [3.05, 3.63) is 33.3 Å². The Hall–Kier alpha value is -0.0900. The van der Waals surface area contributed by atoms with Crippen molar-refractivity contribution >= 4 is 27.5 Å². The van der Waals surface area contributed by atoms with E-state index in [-0.39, 0.29) is 0 Å². The highest BCUT2D eigenvalue weighted by Crippen LogP contribution is 2.27. The van der Waals surface area contributed by atoms with Gasteiger partial charge in [0, 0.05) is 23.6 Å². The summed E-state index contributed by atoms with van der Waals surface area (Å²) in [5.74, 6) is 0.694. The number of nitrogens with two attached hydrogens (primary N) is 1. The van der Waals surface area contributed by atoms with E-state index in [4.69, 9.17) is 17.3 Å². The molecule has 2 unspecified atom stereocenters. The minimum atomic E-state index is 0.508. The third-order valence-corrected chi connectivity index (χ3v) is 5.06. The molecule has 1 saturated heterocycles. The van der Waals surface area contributed by atoms with Gasteiger partial charge in [0.2, 0.25) is 0 Å². The molecule has 100 valence electrons. The number of hydrogen-bond acceptors (Lipinski definition) is 2. The van der Waals surface area contributed by atoms with Gasteiger partial charge in [0.1, 0.15) is 0 Å². The van der Waals surface area contributed by atoms with E-state index in [1.807, 2.05) is 6.07 Å². The molecule has 1 fully saturated rings. The molecule has 0 bridgehead atoms. The van der Waals surface area contributed by atoms with Crippen LogP contribution < -0.4 is 5.73 Å². The maximum Gasteiger partial charge on any atom is 0.0548 e. The molecule has 2 atom stereocenters. The SMILES string of the molecule is CC1CCCN(Cc2ccc(Cl)c(Br)c2)C1CN. The van der Waals surface area contributed by atoms with E-state index in [9.17, 15) is 0 Å². The first-order chi connectivity index (χ1) is 8.61. The maximum atomic E-state index is 6.02. The summed E-state index contributed by atoms with van der Waals surface area (Å²) >= 11 is 9.50. The second kappa shape index (κ2) is 6.38. The fourth-order valence-electron chi connectivity index (χ4n) is 2.78. The van der Waals surface area contributed by atoms with Crippen LogP contribution in [0.3, 0.4) is 0 Å². The normalized spacial score (nSPS) is 25.3. The molecule has 0 aliphatic carbocycles. The minimum Gasteiger partial charge on any atom is -0.329 e. The van der Waals surface area contributed by atoms with Crippen LogP contribution in [0, 0.1) is 5.92 Å².